The molecule has 0 radical (unpaired) electrons. The SMILES string of the molecule is CC(C)(C)OC(=O)Nc1cc2c3c(c(Cl)[nH]c3c1)C=NNC2=O.CC(C)(C)OC(=O)Nc1cc2c3c(c(N4CCOCC4)[nH]c3c1)C=NNC2=O. The fraction of sp³-hybridized carbons (Fsp3) is 0.353. The second kappa shape index (κ2) is 13.6. The molecular formula is C34H38ClN9O7. The van der Waals surface area contributed by atoms with Crippen molar-refractivity contribution in [1.29, 1.82) is 0 Å². The summed E-state index contributed by atoms with van der Waals surface area (Å²) < 4.78 is 16.0. The number of carbonyl (C=O) groups excluding carboxylic acids is 4. The predicted octanol–water partition coefficient (Wildman–Crippen LogP) is 5.67. The van der Waals surface area contributed by atoms with Crippen molar-refractivity contribution in [3.05, 3.63) is 51.7 Å². The Bertz CT molecular complexity index is 2120. The van der Waals surface area contributed by atoms with Gasteiger partial charge in [-0.1, -0.05) is 11.6 Å². The minimum absolute atomic E-state index is 0.333. The van der Waals surface area contributed by atoms with E-state index in [0.29, 0.717) is 57.3 Å². The number of aromatic nitrogens is 2. The zero-order valence-electron chi connectivity index (χ0n) is 28.9. The van der Waals surface area contributed by atoms with Gasteiger partial charge in [-0.25, -0.2) is 20.4 Å². The highest BCUT2D eigenvalue weighted by atomic mass is 35.5. The molecule has 1 saturated heterocycles. The lowest BCUT2D eigenvalue weighted by Gasteiger charge is -2.28. The Balaban J connectivity index is 0.000000179. The largest absolute Gasteiger partial charge is 0.444 e. The van der Waals surface area contributed by atoms with E-state index in [0.717, 1.165) is 35.4 Å². The van der Waals surface area contributed by atoms with Crippen molar-refractivity contribution >= 4 is 87.0 Å². The van der Waals surface area contributed by atoms with Crippen LogP contribution in [0.4, 0.5) is 26.8 Å². The number of carbonyl (C=O) groups is 4. The number of morpholine rings is 1. The number of nitrogens with zero attached hydrogens (tertiary/aromatic N) is 3. The summed E-state index contributed by atoms with van der Waals surface area (Å²) in [5.74, 6) is 0.170. The second-order valence-electron chi connectivity index (χ2n) is 13.9. The topological polar surface area (TPSA) is 204 Å². The Labute approximate surface area is 297 Å². The molecule has 2 aromatic carbocycles. The molecule has 268 valence electrons. The van der Waals surface area contributed by atoms with Gasteiger partial charge in [0.05, 0.1) is 47.8 Å². The average Bonchev–Trinajstić information content (AvgIpc) is 3.42. The summed E-state index contributed by atoms with van der Waals surface area (Å²) in [5, 5.41) is 15.0. The molecule has 1 fully saturated rings. The normalized spacial score (nSPS) is 15.3. The first-order chi connectivity index (χ1) is 24.1. The van der Waals surface area contributed by atoms with Crippen LogP contribution in [0.15, 0.2) is 34.5 Å². The van der Waals surface area contributed by atoms with E-state index in [1.54, 1.807) is 72.0 Å². The molecule has 2 aromatic heterocycles. The van der Waals surface area contributed by atoms with Crippen LogP contribution in [0.5, 0.6) is 0 Å². The first-order valence-corrected chi connectivity index (χ1v) is 16.5. The van der Waals surface area contributed by atoms with Crippen molar-refractivity contribution in [2.75, 3.05) is 41.8 Å². The van der Waals surface area contributed by atoms with Crippen molar-refractivity contribution < 1.29 is 33.4 Å². The van der Waals surface area contributed by atoms with E-state index >= 15 is 0 Å². The number of hydrogen-bond donors (Lipinski definition) is 6. The van der Waals surface area contributed by atoms with Crippen LogP contribution >= 0.6 is 11.6 Å². The zero-order valence-corrected chi connectivity index (χ0v) is 29.6. The van der Waals surface area contributed by atoms with Gasteiger partial charge in [0.1, 0.15) is 22.2 Å². The van der Waals surface area contributed by atoms with E-state index in [1.807, 2.05) is 0 Å². The third-order valence-corrected chi connectivity index (χ3v) is 7.93. The summed E-state index contributed by atoms with van der Waals surface area (Å²) in [6.07, 6.45) is 1.95. The van der Waals surface area contributed by atoms with Gasteiger partial charge in [0, 0.05) is 46.4 Å². The summed E-state index contributed by atoms with van der Waals surface area (Å²) in [6.45, 7) is 13.5. The number of benzene rings is 2. The molecule has 16 nitrogen and oxygen atoms in total. The quantitative estimate of drug-likeness (QED) is 0.155. The van der Waals surface area contributed by atoms with Gasteiger partial charge in [-0.3, -0.25) is 20.2 Å². The molecule has 0 aliphatic carbocycles. The molecule has 0 saturated carbocycles. The lowest BCUT2D eigenvalue weighted by atomic mass is 10.0. The molecule has 4 amide bonds. The minimum Gasteiger partial charge on any atom is -0.444 e. The number of halogens is 1. The van der Waals surface area contributed by atoms with Gasteiger partial charge in [-0.15, -0.1) is 0 Å². The van der Waals surface area contributed by atoms with Crippen LogP contribution in [0.2, 0.25) is 5.15 Å². The van der Waals surface area contributed by atoms with Crippen LogP contribution in [0.1, 0.15) is 73.4 Å². The molecule has 0 unspecified atom stereocenters. The van der Waals surface area contributed by atoms with E-state index < -0.39 is 23.4 Å². The highest BCUT2D eigenvalue weighted by molar-refractivity contribution is 6.35. The third kappa shape index (κ3) is 7.91. The molecule has 0 spiro atoms. The lowest BCUT2D eigenvalue weighted by Crippen LogP contribution is -2.36. The van der Waals surface area contributed by atoms with Crippen LogP contribution in [-0.2, 0) is 14.2 Å². The first-order valence-electron chi connectivity index (χ1n) is 16.1. The molecule has 3 aliphatic rings. The van der Waals surface area contributed by atoms with Gasteiger partial charge in [-0.2, -0.15) is 10.2 Å². The molecule has 51 heavy (non-hydrogen) atoms. The standard InChI is InChI=1S/C19H23N5O4.C15H15ClN4O3/c1-19(2,3)28-18(26)21-11-8-12-15-13(10-20-23-17(12)25)16(22-14(15)9-11)24-4-6-27-7-5-24;1-15(2,3)23-14(22)18-7-4-8-11-9(6-17-20-13(8)21)12(16)19-10(11)5-7/h8-10,22H,4-7H2,1-3H3,(H,21,26)(H,23,25);4-6,19H,1-3H3,(H,18,22)(H,20,21). The van der Waals surface area contributed by atoms with Crippen molar-refractivity contribution in [1.82, 2.24) is 20.8 Å². The Morgan fingerprint density at radius 2 is 1.24 bits per heavy atom. The maximum absolute atomic E-state index is 12.5. The number of amides is 4. The number of hydrazone groups is 2. The monoisotopic (exact) mass is 719 g/mol. The fourth-order valence-electron chi connectivity index (χ4n) is 5.73. The van der Waals surface area contributed by atoms with Gasteiger partial charge >= 0.3 is 12.2 Å². The number of hydrogen-bond acceptors (Lipinski definition) is 10. The molecule has 17 heteroatoms. The number of H-pyrrole nitrogens is 2. The second-order valence-corrected chi connectivity index (χ2v) is 14.3. The Morgan fingerprint density at radius 3 is 1.75 bits per heavy atom. The lowest BCUT2D eigenvalue weighted by molar-refractivity contribution is 0.0624. The fourth-order valence-corrected chi connectivity index (χ4v) is 5.98. The van der Waals surface area contributed by atoms with E-state index in [2.05, 4.69) is 46.6 Å². The highest BCUT2D eigenvalue weighted by Gasteiger charge is 2.26. The van der Waals surface area contributed by atoms with Crippen molar-refractivity contribution in [3.63, 3.8) is 0 Å². The van der Waals surface area contributed by atoms with Crippen LogP contribution < -0.4 is 26.4 Å². The number of rotatable bonds is 3. The Hall–Kier alpha value is -5.61. The highest BCUT2D eigenvalue weighted by Crippen LogP contribution is 2.35. The van der Waals surface area contributed by atoms with Crippen LogP contribution in [0.25, 0.3) is 21.8 Å². The predicted molar refractivity (Wildman–Crippen MR) is 194 cm³/mol. The number of ether oxygens (including phenoxy) is 3. The summed E-state index contributed by atoms with van der Waals surface area (Å²) in [5.41, 5.74) is 8.20. The van der Waals surface area contributed by atoms with Gasteiger partial charge in [0.25, 0.3) is 11.8 Å². The maximum atomic E-state index is 12.5. The van der Waals surface area contributed by atoms with Gasteiger partial charge in [0.2, 0.25) is 0 Å². The number of aromatic amines is 2. The summed E-state index contributed by atoms with van der Waals surface area (Å²) >= 11 is 6.14. The summed E-state index contributed by atoms with van der Waals surface area (Å²) in [4.78, 5) is 57.3. The zero-order chi connectivity index (χ0) is 36.7. The Kier molecular flexibility index (Phi) is 9.39. The first kappa shape index (κ1) is 35.2. The van der Waals surface area contributed by atoms with Crippen LogP contribution in [-0.4, -0.2) is 83.9 Å². The van der Waals surface area contributed by atoms with Gasteiger partial charge in [-0.05, 0) is 65.8 Å². The number of anilines is 3. The Morgan fingerprint density at radius 1 is 0.765 bits per heavy atom. The molecule has 5 heterocycles. The van der Waals surface area contributed by atoms with E-state index in [9.17, 15) is 19.2 Å². The molecule has 0 bridgehead atoms. The van der Waals surface area contributed by atoms with E-state index in [-0.39, 0.29) is 11.8 Å². The molecular weight excluding hydrogens is 682 g/mol. The van der Waals surface area contributed by atoms with E-state index in [4.69, 9.17) is 25.8 Å². The van der Waals surface area contributed by atoms with Crippen molar-refractivity contribution in [3.8, 4) is 0 Å². The molecule has 6 N–H and O–H groups in total. The van der Waals surface area contributed by atoms with Crippen LogP contribution in [0.3, 0.4) is 0 Å². The maximum Gasteiger partial charge on any atom is 0.412 e. The van der Waals surface area contributed by atoms with Gasteiger partial charge < -0.3 is 29.1 Å². The minimum atomic E-state index is -0.617. The van der Waals surface area contributed by atoms with Crippen LogP contribution in [0, 0.1) is 0 Å². The van der Waals surface area contributed by atoms with Crippen molar-refractivity contribution in [2.24, 2.45) is 10.2 Å². The third-order valence-electron chi connectivity index (χ3n) is 7.63. The smallest absolute Gasteiger partial charge is 0.412 e. The molecule has 0 atom stereocenters. The molecule has 3 aliphatic heterocycles. The average molecular weight is 720 g/mol. The molecule has 4 aromatic rings. The van der Waals surface area contributed by atoms with Crippen molar-refractivity contribution in [2.45, 2.75) is 52.7 Å². The molecule has 7 rings (SSSR count). The summed E-state index contributed by atoms with van der Waals surface area (Å²) in [6, 6.07) is 6.67. The van der Waals surface area contributed by atoms with E-state index in [1.165, 1.54) is 6.21 Å². The summed E-state index contributed by atoms with van der Waals surface area (Å²) in [7, 11) is 0. The van der Waals surface area contributed by atoms with Gasteiger partial charge in [0.15, 0.2) is 0 Å². The number of nitrogens with one attached hydrogen (secondary N) is 6.